The van der Waals surface area contributed by atoms with E-state index in [-0.39, 0.29) is 44.0 Å². The number of allylic oxidation sites excluding steroid dienone is 1. The molecule has 63 heavy (non-hydrogen) atoms. The molecule has 1 aromatic heterocycles. The van der Waals surface area contributed by atoms with E-state index < -0.39 is 92.6 Å². The molecule has 5 aliphatic rings. The summed E-state index contributed by atoms with van der Waals surface area (Å²) < 4.78 is 105. The van der Waals surface area contributed by atoms with Gasteiger partial charge in [-0.05, 0) is 101 Å². The number of sulfonamides is 1. The summed E-state index contributed by atoms with van der Waals surface area (Å²) in [5.74, 6) is -3.01. The Morgan fingerprint density at radius 3 is 2.54 bits per heavy atom. The van der Waals surface area contributed by atoms with E-state index in [1.807, 2.05) is 23.8 Å². The van der Waals surface area contributed by atoms with E-state index in [2.05, 4.69) is 10.6 Å². The third-order valence-electron chi connectivity index (χ3n) is 13.3. The van der Waals surface area contributed by atoms with Crippen LogP contribution in [-0.2, 0) is 35.6 Å². The van der Waals surface area contributed by atoms with E-state index in [4.69, 9.17) is 23.9 Å². The summed E-state index contributed by atoms with van der Waals surface area (Å²) in [5.41, 5.74) is -3.85. The molecule has 0 bridgehead atoms. The van der Waals surface area contributed by atoms with Crippen LogP contribution >= 0.6 is 0 Å². The molecule has 1 saturated heterocycles. The minimum absolute atomic E-state index is 0.00673. The summed E-state index contributed by atoms with van der Waals surface area (Å²) in [7, 11) is -2.95. The van der Waals surface area contributed by atoms with Gasteiger partial charge in [0, 0.05) is 23.3 Å². The second kappa shape index (κ2) is 17.3. The van der Waals surface area contributed by atoms with Gasteiger partial charge in [0.2, 0.25) is 39.2 Å². The lowest BCUT2D eigenvalue weighted by Crippen LogP contribution is -2.60. The monoisotopic (exact) mass is 909 g/mol. The lowest BCUT2D eigenvalue weighted by atomic mass is 9.85. The minimum Gasteiger partial charge on any atom is -0.497 e. The predicted octanol–water partition coefficient (Wildman–Crippen LogP) is 5.58. The first-order valence-electron chi connectivity index (χ1n) is 21.5. The molecular weight excluding hydrogens is 855 g/mol. The first-order valence-corrected chi connectivity index (χ1v) is 22.9. The Kier molecular flexibility index (Phi) is 12.6. The second-order valence-electron chi connectivity index (χ2n) is 18.1. The van der Waals surface area contributed by atoms with Gasteiger partial charge in [-0.25, -0.2) is 17.6 Å². The van der Waals surface area contributed by atoms with Crippen molar-refractivity contribution in [3.8, 4) is 17.5 Å². The van der Waals surface area contributed by atoms with Crippen molar-refractivity contribution >= 4 is 44.6 Å². The van der Waals surface area contributed by atoms with Crippen molar-refractivity contribution in [2.24, 2.45) is 17.8 Å². The topological polar surface area (TPSA) is 192 Å². The molecule has 2 saturated carbocycles. The number of nitrogens with one attached hydrogen (secondary N) is 3. The van der Waals surface area contributed by atoms with Crippen molar-refractivity contribution in [2.45, 2.75) is 132 Å². The van der Waals surface area contributed by atoms with Crippen molar-refractivity contribution < 1.29 is 64.1 Å². The van der Waals surface area contributed by atoms with E-state index in [9.17, 15) is 40.4 Å². The fraction of sp³-hybridized carbons (Fsp3) is 0.651. The Morgan fingerprint density at radius 1 is 1.13 bits per heavy atom. The Morgan fingerprint density at radius 2 is 1.87 bits per heavy atom. The number of alkyl halides is 4. The molecule has 20 heteroatoms. The van der Waals surface area contributed by atoms with Gasteiger partial charge in [0.1, 0.15) is 40.9 Å². The van der Waals surface area contributed by atoms with E-state index in [0.29, 0.717) is 69.6 Å². The molecule has 4 amide bonds. The molecule has 0 radical (unpaired) electrons. The van der Waals surface area contributed by atoms with Gasteiger partial charge in [0.15, 0.2) is 0 Å². The van der Waals surface area contributed by atoms with Crippen LogP contribution < -0.4 is 29.6 Å². The smallest absolute Gasteiger partial charge is 0.427 e. The van der Waals surface area contributed by atoms with Gasteiger partial charge in [-0.3, -0.25) is 19.1 Å². The number of amides is 4. The summed E-state index contributed by atoms with van der Waals surface area (Å²) in [6.07, 6.45) is -0.794. The summed E-state index contributed by atoms with van der Waals surface area (Å²) in [6, 6.07) is 2.46. The van der Waals surface area contributed by atoms with Crippen LogP contribution in [-0.4, -0.2) is 109 Å². The molecule has 3 N–H and O–H groups in total. The number of hydrogen-bond acceptors (Lipinski definition) is 11. The molecular formula is C43H55F4N5O10S. The van der Waals surface area contributed by atoms with Gasteiger partial charge in [-0.2, -0.15) is 18.2 Å². The zero-order valence-corrected chi connectivity index (χ0v) is 36.8. The Bertz CT molecular complexity index is 2270. The van der Waals surface area contributed by atoms with Crippen LogP contribution in [0.1, 0.15) is 91.0 Å². The molecule has 15 nitrogen and oxygen atoms in total. The van der Waals surface area contributed by atoms with E-state index in [1.165, 1.54) is 12.0 Å². The van der Waals surface area contributed by atoms with Crippen LogP contribution in [0, 0.1) is 17.8 Å². The molecule has 0 spiro atoms. The second-order valence-corrected chi connectivity index (χ2v) is 20.2. The SMILES string of the molecule is CC[C@@H]1C[C@@H](C)CC/C=C\[C@@H]2C[C@@]2(C(=O)NS(=O)(=O)C2(CF)CC2)NC(=O)[C@@H]2C[C@@H](Oc3nc4c(c5cc(OC)ccc35)CCCO4)CN2C(=O)[C@H]1NC(=O)OC(C)(C)C(F)(F)F. The summed E-state index contributed by atoms with van der Waals surface area (Å²) in [5, 5.41) is 6.53. The van der Waals surface area contributed by atoms with Crippen LogP contribution in [0.4, 0.5) is 22.4 Å². The predicted molar refractivity (Wildman–Crippen MR) is 220 cm³/mol. The van der Waals surface area contributed by atoms with E-state index in [1.54, 1.807) is 25.1 Å². The maximum atomic E-state index is 15.0. The molecule has 3 aliphatic heterocycles. The van der Waals surface area contributed by atoms with Crippen LogP contribution in [0.2, 0.25) is 0 Å². The Balaban J connectivity index is 1.26. The fourth-order valence-electron chi connectivity index (χ4n) is 8.86. The Labute approximate surface area is 363 Å². The molecule has 2 aromatic rings. The number of alkyl carbamates (subject to hydrolysis) is 1. The lowest BCUT2D eigenvalue weighted by molar-refractivity contribution is -0.244. The highest BCUT2D eigenvalue weighted by Gasteiger charge is 2.64. The molecule has 3 fully saturated rings. The summed E-state index contributed by atoms with van der Waals surface area (Å²) in [6.45, 7) is 4.04. The number of nitrogens with zero attached hydrogens (tertiary/aromatic N) is 2. The number of methoxy groups -OCH3 is 1. The third kappa shape index (κ3) is 9.10. The van der Waals surface area contributed by atoms with Gasteiger partial charge in [0.25, 0.3) is 5.91 Å². The van der Waals surface area contributed by atoms with Crippen LogP contribution in [0.5, 0.6) is 17.5 Å². The molecule has 1 aromatic carbocycles. The average molecular weight is 910 g/mol. The quantitative estimate of drug-likeness (QED) is 0.199. The highest BCUT2D eigenvalue weighted by Crippen LogP contribution is 2.48. The van der Waals surface area contributed by atoms with Crippen molar-refractivity contribution in [3.63, 3.8) is 0 Å². The molecule has 2 aliphatic carbocycles. The molecule has 7 rings (SSSR count). The zero-order valence-electron chi connectivity index (χ0n) is 35.9. The van der Waals surface area contributed by atoms with E-state index >= 15 is 4.79 Å². The van der Waals surface area contributed by atoms with Crippen molar-refractivity contribution in [2.75, 3.05) is 26.9 Å². The van der Waals surface area contributed by atoms with Crippen LogP contribution in [0.3, 0.4) is 0 Å². The number of fused-ring (bicyclic) bond motifs is 5. The van der Waals surface area contributed by atoms with Gasteiger partial charge in [0.05, 0.1) is 20.3 Å². The number of halogens is 4. The number of pyridine rings is 1. The van der Waals surface area contributed by atoms with Gasteiger partial charge in [-0.1, -0.05) is 32.4 Å². The number of rotatable bonds is 10. The highest BCUT2D eigenvalue weighted by atomic mass is 32.2. The Hall–Kier alpha value is -4.88. The van der Waals surface area contributed by atoms with Gasteiger partial charge in [-0.15, -0.1) is 0 Å². The highest BCUT2D eigenvalue weighted by molar-refractivity contribution is 7.91. The van der Waals surface area contributed by atoms with Crippen molar-refractivity contribution in [1.29, 1.82) is 0 Å². The van der Waals surface area contributed by atoms with Gasteiger partial charge >= 0.3 is 12.3 Å². The standard InChI is InChI=1S/C43H55F4N5O10S/c1-6-25-18-24(2)10-7-8-11-26-21-42(26,38(55)51-63(57,58)41(23-44)15-16-41)50-34(53)32-20-28(22-52(32)37(54)33(25)48-39(56)62-40(3,4)43(45,46)47)61-36-30-14-13-27(59-5)19-31(30)29-12-9-17-60-35(29)49-36/h8,11,13-14,19,24-26,28,32-33H,6-7,9-10,12,15-18,20-23H2,1-5H3,(H,48,56)(H,50,53)(H,51,55)/b11-8-/t24-,25+,26+,28+,32-,33-,42+/m0/s1. The first-order chi connectivity index (χ1) is 29.7. The van der Waals surface area contributed by atoms with Crippen LogP contribution in [0.15, 0.2) is 30.4 Å². The minimum atomic E-state index is -4.94. The normalized spacial score (nSPS) is 29.0. The summed E-state index contributed by atoms with van der Waals surface area (Å²) >= 11 is 0. The fourth-order valence-corrected chi connectivity index (χ4v) is 10.3. The third-order valence-corrected chi connectivity index (χ3v) is 15.4. The number of aromatic nitrogens is 1. The lowest BCUT2D eigenvalue weighted by Gasteiger charge is -2.35. The zero-order chi connectivity index (χ0) is 45.7. The molecule has 0 unspecified atom stereocenters. The maximum absolute atomic E-state index is 15.0. The number of aryl methyl sites for hydroxylation is 1. The molecule has 4 heterocycles. The number of ether oxygens (including phenoxy) is 4. The molecule has 346 valence electrons. The average Bonchev–Trinajstić information content (AvgIpc) is 4.14. The first kappa shape index (κ1) is 46.1. The van der Waals surface area contributed by atoms with Crippen LogP contribution in [0.25, 0.3) is 10.8 Å². The number of carbonyl (C=O) groups excluding carboxylic acids is 4. The maximum Gasteiger partial charge on any atom is 0.427 e. The number of benzene rings is 1. The van der Waals surface area contributed by atoms with E-state index in [0.717, 1.165) is 17.4 Å². The van der Waals surface area contributed by atoms with Crippen molar-refractivity contribution in [1.82, 2.24) is 25.2 Å². The van der Waals surface area contributed by atoms with Gasteiger partial charge < -0.3 is 34.5 Å². The largest absolute Gasteiger partial charge is 0.497 e. The van der Waals surface area contributed by atoms with Crippen molar-refractivity contribution in [3.05, 3.63) is 35.9 Å². The number of carbonyl (C=O) groups is 4. The number of hydrogen-bond donors (Lipinski definition) is 3. The summed E-state index contributed by atoms with van der Waals surface area (Å²) in [4.78, 5) is 63.0. The molecule has 7 atom stereocenters.